The summed E-state index contributed by atoms with van der Waals surface area (Å²) in [5, 5.41) is 29.8. The third kappa shape index (κ3) is 6.63. The SMILES string of the molecule is COc1ccc(CCNC(=O)/C(C#N)=C\N(CCO)CCO)cc1OC. The van der Waals surface area contributed by atoms with E-state index in [0.717, 1.165) is 5.56 Å². The van der Waals surface area contributed by atoms with Crippen molar-refractivity contribution in [3.8, 4) is 17.6 Å². The van der Waals surface area contributed by atoms with Crippen LogP contribution in [0.3, 0.4) is 0 Å². The summed E-state index contributed by atoms with van der Waals surface area (Å²) >= 11 is 0. The first-order valence-electron chi connectivity index (χ1n) is 8.16. The molecule has 0 saturated carbocycles. The summed E-state index contributed by atoms with van der Waals surface area (Å²) in [5.41, 5.74) is 0.867. The van der Waals surface area contributed by atoms with Gasteiger partial charge in [0.25, 0.3) is 5.91 Å². The number of aliphatic hydroxyl groups is 2. The Kier molecular flexibility index (Phi) is 9.61. The standard InChI is InChI=1S/C18H25N3O5/c1-25-16-4-3-14(11-17(16)26-2)5-6-20-18(24)15(12-19)13-21(7-9-22)8-10-23/h3-4,11,13,22-23H,5-10H2,1-2H3,(H,20,24)/b15-13-. The average molecular weight is 363 g/mol. The monoisotopic (exact) mass is 363 g/mol. The number of hydrogen-bond donors (Lipinski definition) is 3. The number of rotatable bonds is 11. The number of ether oxygens (including phenoxy) is 2. The van der Waals surface area contributed by atoms with E-state index in [4.69, 9.17) is 24.9 Å². The molecule has 0 aliphatic heterocycles. The molecule has 0 heterocycles. The van der Waals surface area contributed by atoms with E-state index in [9.17, 15) is 4.79 Å². The van der Waals surface area contributed by atoms with Gasteiger partial charge in [-0.25, -0.2) is 0 Å². The molecule has 0 aromatic heterocycles. The molecule has 142 valence electrons. The second-order valence-corrected chi connectivity index (χ2v) is 5.33. The van der Waals surface area contributed by atoms with Gasteiger partial charge in [0, 0.05) is 25.8 Å². The van der Waals surface area contributed by atoms with Crippen LogP contribution in [0.15, 0.2) is 30.0 Å². The zero-order chi connectivity index (χ0) is 19.4. The van der Waals surface area contributed by atoms with Gasteiger partial charge in [0.05, 0.1) is 27.4 Å². The largest absolute Gasteiger partial charge is 0.493 e. The van der Waals surface area contributed by atoms with E-state index in [-0.39, 0.29) is 31.9 Å². The number of aliphatic hydroxyl groups excluding tert-OH is 2. The number of hydrogen-bond acceptors (Lipinski definition) is 7. The van der Waals surface area contributed by atoms with Gasteiger partial charge in [-0.2, -0.15) is 5.26 Å². The van der Waals surface area contributed by atoms with Crippen LogP contribution in [-0.2, 0) is 11.2 Å². The maximum atomic E-state index is 12.1. The molecule has 0 aliphatic rings. The third-order valence-electron chi connectivity index (χ3n) is 3.60. The molecule has 26 heavy (non-hydrogen) atoms. The van der Waals surface area contributed by atoms with E-state index in [1.165, 1.54) is 11.1 Å². The van der Waals surface area contributed by atoms with Crippen LogP contribution in [0.25, 0.3) is 0 Å². The Balaban J connectivity index is 2.65. The van der Waals surface area contributed by atoms with Crippen molar-refractivity contribution in [1.82, 2.24) is 10.2 Å². The van der Waals surface area contributed by atoms with Crippen molar-refractivity contribution in [3.63, 3.8) is 0 Å². The van der Waals surface area contributed by atoms with E-state index < -0.39 is 5.91 Å². The van der Waals surface area contributed by atoms with Crippen LogP contribution in [0.5, 0.6) is 11.5 Å². The molecular formula is C18H25N3O5. The first kappa shape index (κ1) is 21.3. The van der Waals surface area contributed by atoms with Crippen molar-refractivity contribution >= 4 is 5.91 Å². The predicted molar refractivity (Wildman–Crippen MR) is 95.7 cm³/mol. The molecule has 3 N–H and O–H groups in total. The first-order valence-corrected chi connectivity index (χ1v) is 8.16. The Labute approximate surface area is 153 Å². The molecule has 1 aromatic rings. The van der Waals surface area contributed by atoms with Crippen LogP contribution in [0.2, 0.25) is 0 Å². The molecule has 0 radical (unpaired) electrons. The lowest BCUT2D eigenvalue weighted by atomic mass is 10.1. The van der Waals surface area contributed by atoms with E-state index in [2.05, 4.69) is 5.32 Å². The minimum atomic E-state index is -0.506. The molecular weight excluding hydrogens is 338 g/mol. The highest BCUT2D eigenvalue weighted by Gasteiger charge is 2.11. The fraction of sp³-hybridized carbons (Fsp3) is 0.444. The van der Waals surface area contributed by atoms with Crippen molar-refractivity contribution in [3.05, 3.63) is 35.5 Å². The van der Waals surface area contributed by atoms with Crippen LogP contribution in [0, 0.1) is 11.3 Å². The number of nitrogens with one attached hydrogen (secondary N) is 1. The Bertz CT molecular complexity index is 649. The van der Waals surface area contributed by atoms with Gasteiger partial charge in [-0.3, -0.25) is 4.79 Å². The van der Waals surface area contributed by atoms with Gasteiger partial charge >= 0.3 is 0 Å². The smallest absolute Gasteiger partial charge is 0.263 e. The Morgan fingerprint density at radius 2 is 1.88 bits per heavy atom. The summed E-state index contributed by atoms with van der Waals surface area (Å²) in [6.07, 6.45) is 1.90. The third-order valence-corrected chi connectivity index (χ3v) is 3.60. The van der Waals surface area contributed by atoms with E-state index >= 15 is 0 Å². The topological polar surface area (TPSA) is 115 Å². The Hall–Kier alpha value is -2.76. The number of nitriles is 1. The predicted octanol–water partition coefficient (Wildman–Crippen LogP) is 0.0566. The number of amides is 1. The van der Waals surface area contributed by atoms with Gasteiger partial charge in [-0.1, -0.05) is 6.07 Å². The molecule has 0 atom stereocenters. The second-order valence-electron chi connectivity index (χ2n) is 5.33. The molecule has 0 bridgehead atoms. The summed E-state index contributed by atoms with van der Waals surface area (Å²) in [4.78, 5) is 13.7. The molecule has 1 aromatic carbocycles. The summed E-state index contributed by atoms with van der Waals surface area (Å²) in [6.45, 7) is 0.509. The first-order chi connectivity index (χ1) is 12.6. The molecule has 1 amide bonds. The summed E-state index contributed by atoms with van der Waals surface area (Å²) in [7, 11) is 3.11. The molecule has 8 nitrogen and oxygen atoms in total. The summed E-state index contributed by atoms with van der Waals surface area (Å²) in [5.74, 6) is 0.731. The van der Waals surface area contributed by atoms with Crippen LogP contribution >= 0.6 is 0 Å². The number of carbonyl (C=O) groups excluding carboxylic acids is 1. The zero-order valence-electron chi connectivity index (χ0n) is 15.1. The van der Waals surface area contributed by atoms with Crippen molar-refractivity contribution < 1.29 is 24.5 Å². The molecule has 0 fully saturated rings. The van der Waals surface area contributed by atoms with Gasteiger partial charge in [-0.05, 0) is 24.1 Å². The normalized spacial score (nSPS) is 10.8. The minimum Gasteiger partial charge on any atom is -0.493 e. The van der Waals surface area contributed by atoms with Gasteiger partial charge in [-0.15, -0.1) is 0 Å². The number of methoxy groups -OCH3 is 2. The highest BCUT2D eigenvalue weighted by molar-refractivity contribution is 5.97. The second kappa shape index (κ2) is 11.7. The van der Waals surface area contributed by atoms with E-state index in [1.54, 1.807) is 20.3 Å². The van der Waals surface area contributed by atoms with Crippen molar-refractivity contribution in [1.29, 1.82) is 5.26 Å². The van der Waals surface area contributed by atoms with E-state index in [0.29, 0.717) is 24.5 Å². The molecule has 0 aliphatic carbocycles. The maximum absolute atomic E-state index is 12.1. The number of nitrogens with zero attached hydrogens (tertiary/aromatic N) is 2. The lowest BCUT2D eigenvalue weighted by molar-refractivity contribution is -0.117. The molecule has 1 rings (SSSR count). The Morgan fingerprint density at radius 1 is 1.23 bits per heavy atom. The minimum absolute atomic E-state index is 0.0841. The van der Waals surface area contributed by atoms with Crippen molar-refractivity contribution in [2.45, 2.75) is 6.42 Å². The molecule has 0 unspecified atom stereocenters. The zero-order valence-corrected chi connectivity index (χ0v) is 15.1. The van der Waals surface area contributed by atoms with Gasteiger partial charge < -0.3 is 29.9 Å². The fourth-order valence-corrected chi connectivity index (χ4v) is 2.27. The lowest BCUT2D eigenvalue weighted by Crippen LogP contribution is -2.30. The fourth-order valence-electron chi connectivity index (χ4n) is 2.27. The highest BCUT2D eigenvalue weighted by atomic mass is 16.5. The maximum Gasteiger partial charge on any atom is 0.263 e. The molecule has 0 spiro atoms. The van der Waals surface area contributed by atoms with Crippen LogP contribution in [0.4, 0.5) is 0 Å². The Morgan fingerprint density at radius 3 is 2.42 bits per heavy atom. The number of benzene rings is 1. The lowest BCUT2D eigenvalue weighted by Gasteiger charge is -2.18. The highest BCUT2D eigenvalue weighted by Crippen LogP contribution is 2.27. The van der Waals surface area contributed by atoms with Gasteiger partial charge in [0.2, 0.25) is 0 Å². The molecule has 0 saturated heterocycles. The summed E-state index contributed by atoms with van der Waals surface area (Å²) < 4.78 is 10.4. The van der Waals surface area contributed by atoms with Crippen LogP contribution in [-0.4, -0.2) is 68.1 Å². The van der Waals surface area contributed by atoms with Crippen molar-refractivity contribution in [2.24, 2.45) is 0 Å². The summed E-state index contributed by atoms with van der Waals surface area (Å²) in [6, 6.07) is 7.33. The number of carbonyl (C=O) groups is 1. The average Bonchev–Trinajstić information content (AvgIpc) is 2.65. The molecule has 8 heteroatoms. The van der Waals surface area contributed by atoms with E-state index in [1.807, 2.05) is 18.2 Å². The van der Waals surface area contributed by atoms with Crippen molar-refractivity contribution in [2.75, 3.05) is 47.1 Å². The van der Waals surface area contributed by atoms with Gasteiger partial charge in [0.1, 0.15) is 11.6 Å². The van der Waals surface area contributed by atoms with Crippen LogP contribution < -0.4 is 14.8 Å². The quantitative estimate of drug-likeness (QED) is 0.376. The van der Waals surface area contributed by atoms with Gasteiger partial charge in [0.15, 0.2) is 11.5 Å². The van der Waals surface area contributed by atoms with Crippen LogP contribution in [0.1, 0.15) is 5.56 Å².